The topological polar surface area (TPSA) is 112 Å². The second-order valence-corrected chi connectivity index (χ2v) is 10.8. The molecule has 3 aromatic rings. The van der Waals surface area contributed by atoms with Gasteiger partial charge in [0.1, 0.15) is 17.3 Å². The van der Waals surface area contributed by atoms with Crippen LogP contribution in [0.2, 0.25) is 0 Å². The molecule has 10 heteroatoms. The zero-order valence-electron chi connectivity index (χ0n) is 21.7. The van der Waals surface area contributed by atoms with Crippen molar-refractivity contribution in [3.63, 3.8) is 0 Å². The summed E-state index contributed by atoms with van der Waals surface area (Å²) >= 11 is 0. The number of amides is 1. The highest BCUT2D eigenvalue weighted by atomic mass is 19.1. The number of hydrogen-bond donors (Lipinski definition) is 2. The average molecular weight is 519 g/mol. The highest BCUT2D eigenvalue weighted by molar-refractivity contribution is 6.10. The van der Waals surface area contributed by atoms with Gasteiger partial charge in [0, 0.05) is 23.5 Å². The zero-order valence-corrected chi connectivity index (χ0v) is 21.7. The molecule has 3 rings (SSSR count). The van der Waals surface area contributed by atoms with Gasteiger partial charge in [-0.2, -0.15) is 0 Å². The number of ketones is 1. The molecule has 0 fully saturated rings. The van der Waals surface area contributed by atoms with Gasteiger partial charge in [-0.05, 0) is 18.2 Å². The van der Waals surface area contributed by atoms with E-state index in [2.05, 4.69) is 5.32 Å². The number of nitrogens with two attached hydrogens (primary N) is 1. The number of fused-ring (bicyclic) bond motifs is 1. The largest absolute Gasteiger partial charge is 0.450 e. The molecule has 0 aliphatic carbocycles. The lowest BCUT2D eigenvalue weighted by Gasteiger charge is -2.20. The Labute approximate surface area is 211 Å². The van der Waals surface area contributed by atoms with Gasteiger partial charge in [-0.1, -0.05) is 41.5 Å². The van der Waals surface area contributed by atoms with Gasteiger partial charge in [-0.15, -0.1) is 0 Å². The van der Waals surface area contributed by atoms with Crippen molar-refractivity contribution in [1.29, 1.82) is 0 Å². The monoisotopic (exact) mass is 518 g/mol. The summed E-state index contributed by atoms with van der Waals surface area (Å²) in [5, 5.41) is 1.82. The maximum absolute atomic E-state index is 15.4. The third-order valence-electron chi connectivity index (χ3n) is 5.70. The molecular formula is C27H29F3N2O5. The van der Waals surface area contributed by atoms with Gasteiger partial charge in [0.25, 0.3) is 0 Å². The summed E-state index contributed by atoms with van der Waals surface area (Å²) in [4.78, 5) is 38.6. The second-order valence-electron chi connectivity index (χ2n) is 10.8. The Morgan fingerprint density at radius 3 is 2.16 bits per heavy atom. The van der Waals surface area contributed by atoms with Crippen molar-refractivity contribution < 1.29 is 31.9 Å². The first-order valence-corrected chi connectivity index (χ1v) is 11.4. The van der Waals surface area contributed by atoms with E-state index >= 15 is 8.78 Å². The summed E-state index contributed by atoms with van der Waals surface area (Å²) in [6, 6.07) is 3.52. The van der Waals surface area contributed by atoms with E-state index in [4.69, 9.17) is 14.9 Å². The molecule has 37 heavy (non-hydrogen) atoms. The lowest BCUT2D eigenvalue weighted by molar-refractivity contribution is -0.123. The molecule has 0 saturated carbocycles. The molecule has 0 aliphatic heterocycles. The number of benzene rings is 2. The van der Waals surface area contributed by atoms with Gasteiger partial charge in [0.05, 0.1) is 28.8 Å². The molecular weight excluding hydrogens is 489 g/mol. The van der Waals surface area contributed by atoms with Crippen molar-refractivity contribution in [1.82, 2.24) is 0 Å². The van der Waals surface area contributed by atoms with Crippen LogP contribution in [0.15, 0.2) is 27.4 Å². The van der Waals surface area contributed by atoms with Gasteiger partial charge in [0.2, 0.25) is 11.3 Å². The normalized spacial score (nSPS) is 12.2. The van der Waals surface area contributed by atoms with Crippen LogP contribution < -0.4 is 16.5 Å². The van der Waals surface area contributed by atoms with E-state index in [1.807, 2.05) is 0 Å². The minimum Gasteiger partial charge on any atom is -0.450 e. The first kappa shape index (κ1) is 27.9. The van der Waals surface area contributed by atoms with Crippen LogP contribution in [0.25, 0.3) is 22.3 Å². The van der Waals surface area contributed by atoms with Crippen molar-refractivity contribution >= 4 is 34.0 Å². The molecule has 1 heterocycles. The lowest BCUT2D eigenvalue weighted by Crippen LogP contribution is -2.28. The number of nitrogen functional groups attached to an aromatic ring is 1. The second kappa shape index (κ2) is 9.66. The fourth-order valence-electron chi connectivity index (χ4n) is 3.57. The molecule has 2 aromatic carbocycles. The molecule has 0 unspecified atom stereocenters. The van der Waals surface area contributed by atoms with Gasteiger partial charge in [0.15, 0.2) is 22.9 Å². The van der Waals surface area contributed by atoms with Crippen molar-refractivity contribution in [2.45, 2.75) is 48.1 Å². The first-order valence-electron chi connectivity index (χ1n) is 11.4. The maximum atomic E-state index is 15.4. The van der Waals surface area contributed by atoms with Gasteiger partial charge >= 0.3 is 0 Å². The van der Waals surface area contributed by atoms with Crippen LogP contribution in [0.1, 0.15) is 57.5 Å². The first-order chi connectivity index (χ1) is 17.0. The van der Waals surface area contributed by atoms with E-state index < -0.39 is 79.8 Å². The standard InChI is InChI=1S/C27H29F3N2O5/c1-26(2,3)24(34)16-17-21(33)20(31)22(37-23(17)19(30)13(11-36-7)18(16)29)12-8-9-15(14(28)10-12)32-25(35)27(4,5)6/h8-10H,11,31H2,1-7H3,(H,32,35). The number of anilines is 2. The Hall–Kier alpha value is -3.66. The zero-order chi connectivity index (χ0) is 28.0. The van der Waals surface area contributed by atoms with E-state index in [1.165, 1.54) is 40.0 Å². The molecule has 0 atom stereocenters. The Kier molecular flexibility index (Phi) is 7.29. The molecule has 0 spiro atoms. The maximum Gasteiger partial charge on any atom is 0.229 e. The van der Waals surface area contributed by atoms with E-state index in [-0.39, 0.29) is 17.0 Å². The quantitative estimate of drug-likeness (QED) is 0.412. The van der Waals surface area contributed by atoms with Crippen LogP contribution in [0, 0.1) is 28.3 Å². The van der Waals surface area contributed by atoms with E-state index in [0.29, 0.717) is 0 Å². The molecule has 0 radical (unpaired) electrons. The number of carbonyl (C=O) groups is 2. The van der Waals surface area contributed by atoms with Crippen LogP contribution in [0.3, 0.4) is 0 Å². The number of carbonyl (C=O) groups excluding carboxylic acids is 2. The van der Waals surface area contributed by atoms with Gasteiger partial charge < -0.3 is 20.2 Å². The predicted molar refractivity (Wildman–Crippen MR) is 135 cm³/mol. The van der Waals surface area contributed by atoms with E-state index in [1.54, 1.807) is 20.8 Å². The molecule has 1 aromatic heterocycles. The SMILES string of the molecule is COCc1c(F)c(C(=O)C(C)(C)C)c2c(=O)c(N)c(-c3ccc(NC(=O)C(C)(C)C)c(F)c3)oc2c1F. The van der Waals surface area contributed by atoms with Crippen molar-refractivity contribution in [3.05, 3.63) is 57.0 Å². The third kappa shape index (κ3) is 5.11. The van der Waals surface area contributed by atoms with Crippen LogP contribution in [-0.4, -0.2) is 18.8 Å². The third-order valence-corrected chi connectivity index (χ3v) is 5.70. The fraction of sp³-hybridized carbons (Fsp3) is 0.370. The van der Waals surface area contributed by atoms with Crippen LogP contribution in [0.4, 0.5) is 24.5 Å². The molecule has 7 nitrogen and oxygen atoms in total. The van der Waals surface area contributed by atoms with Crippen molar-refractivity contribution in [2.75, 3.05) is 18.2 Å². The van der Waals surface area contributed by atoms with Crippen LogP contribution in [0.5, 0.6) is 0 Å². The number of halogens is 3. The summed E-state index contributed by atoms with van der Waals surface area (Å²) in [7, 11) is 1.21. The van der Waals surface area contributed by atoms with Crippen LogP contribution in [-0.2, 0) is 16.1 Å². The van der Waals surface area contributed by atoms with Gasteiger partial charge in [-0.25, -0.2) is 13.2 Å². The average Bonchev–Trinajstić information content (AvgIpc) is 2.79. The lowest BCUT2D eigenvalue weighted by atomic mass is 9.84. The fourth-order valence-corrected chi connectivity index (χ4v) is 3.57. The number of hydrogen-bond acceptors (Lipinski definition) is 6. The van der Waals surface area contributed by atoms with Crippen molar-refractivity contribution in [2.24, 2.45) is 10.8 Å². The number of methoxy groups -OCH3 is 1. The predicted octanol–water partition coefficient (Wildman–Crippen LogP) is 5.82. The molecule has 0 saturated heterocycles. The molecule has 3 N–H and O–H groups in total. The number of Topliss-reactive ketones (excluding diaryl/α,β-unsaturated/α-hetero) is 1. The summed E-state index contributed by atoms with van der Waals surface area (Å²) in [5.41, 5.74) is 0.339. The highest BCUT2D eigenvalue weighted by Gasteiger charge is 2.34. The Balaban J connectivity index is 2.32. The van der Waals surface area contributed by atoms with Gasteiger partial charge in [-0.3, -0.25) is 14.4 Å². The smallest absolute Gasteiger partial charge is 0.229 e. The summed E-state index contributed by atoms with van der Waals surface area (Å²) in [5.74, 6) is -4.92. The minimum absolute atomic E-state index is 0.0385. The Bertz CT molecular complexity index is 1480. The molecule has 1 amide bonds. The highest BCUT2D eigenvalue weighted by Crippen LogP contribution is 2.36. The van der Waals surface area contributed by atoms with Crippen molar-refractivity contribution in [3.8, 4) is 11.3 Å². The minimum atomic E-state index is -1.24. The summed E-state index contributed by atoms with van der Waals surface area (Å²) in [6.07, 6.45) is 0. The van der Waals surface area contributed by atoms with E-state index in [0.717, 1.165) is 6.07 Å². The molecule has 0 aliphatic rings. The number of rotatable bonds is 5. The molecule has 0 bridgehead atoms. The van der Waals surface area contributed by atoms with E-state index in [9.17, 15) is 18.8 Å². The summed E-state index contributed by atoms with van der Waals surface area (Å²) < 4.78 is 56.2. The number of nitrogens with one attached hydrogen (secondary N) is 1. The number of ether oxygens (including phenoxy) is 1. The summed E-state index contributed by atoms with van der Waals surface area (Å²) in [6.45, 7) is 8.98. The van der Waals surface area contributed by atoms with Crippen LogP contribution >= 0.6 is 0 Å². The Morgan fingerprint density at radius 1 is 1.03 bits per heavy atom. The molecule has 198 valence electrons. The Morgan fingerprint density at radius 2 is 1.65 bits per heavy atom.